The molecule has 2 saturated heterocycles. The molecule has 0 bridgehead atoms. The number of phenolic OH excluding ortho intramolecular Hbond substituents is 1. The molecular formula is C25H32O13. The Hall–Kier alpha value is -2.59. The van der Waals surface area contributed by atoms with Crippen LogP contribution in [0.25, 0.3) is 10.8 Å². The Morgan fingerprint density at radius 3 is 2.32 bits per heavy atom. The first-order valence-corrected chi connectivity index (χ1v) is 11.9. The zero-order valence-corrected chi connectivity index (χ0v) is 20.9. The number of rotatable bonds is 7. The van der Waals surface area contributed by atoms with E-state index in [1.807, 2.05) is 0 Å². The predicted octanol–water partition coefficient (Wildman–Crippen LogP) is -1.29. The molecule has 0 radical (unpaired) electrons. The van der Waals surface area contributed by atoms with Crippen LogP contribution in [0.3, 0.4) is 0 Å². The summed E-state index contributed by atoms with van der Waals surface area (Å²) >= 11 is 0. The third-order valence-corrected chi connectivity index (χ3v) is 6.72. The molecule has 7 N–H and O–H groups in total. The van der Waals surface area contributed by atoms with Gasteiger partial charge in [-0.1, -0.05) is 6.07 Å². The number of carbonyl (C=O) groups is 1. The van der Waals surface area contributed by atoms with Crippen LogP contribution in [0.15, 0.2) is 18.2 Å². The van der Waals surface area contributed by atoms with Gasteiger partial charge in [0.2, 0.25) is 6.29 Å². The first-order chi connectivity index (χ1) is 17.9. The SMILES string of the molecule is COc1cc(OC2OC(COC3OCC(O)C(O)C3O)C(O)C(O)C2O)c2c(O)c(C(C)=O)c(C)cc2c1. The number of aliphatic hydroxyl groups excluding tert-OH is 6. The van der Waals surface area contributed by atoms with Crippen LogP contribution in [0.5, 0.6) is 17.2 Å². The number of hydrogen-bond donors (Lipinski definition) is 7. The van der Waals surface area contributed by atoms with Crippen LogP contribution >= 0.6 is 0 Å². The average Bonchev–Trinajstić information content (AvgIpc) is 2.87. The summed E-state index contributed by atoms with van der Waals surface area (Å²) in [5.41, 5.74) is 0.605. The number of ketones is 1. The molecule has 9 atom stereocenters. The maximum atomic E-state index is 12.2. The highest BCUT2D eigenvalue weighted by molar-refractivity contribution is 6.07. The summed E-state index contributed by atoms with van der Waals surface area (Å²) in [6, 6.07) is 4.68. The minimum atomic E-state index is -1.74. The van der Waals surface area contributed by atoms with E-state index in [0.29, 0.717) is 16.7 Å². The van der Waals surface area contributed by atoms with Crippen LogP contribution in [0.2, 0.25) is 0 Å². The highest BCUT2D eigenvalue weighted by atomic mass is 16.7. The molecule has 2 aliphatic rings. The van der Waals surface area contributed by atoms with Gasteiger partial charge in [-0.25, -0.2) is 0 Å². The number of phenols is 1. The van der Waals surface area contributed by atoms with E-state index in [1.54, 1.807) is 19.1 Å². The minimum Gasteiger partial charge on any atom is -0.506 e. The maximum absolute atomic E-state index is 12.2. The first kappa shape index (κ1) is 28.4. The number of ether oxygens (including phenoxy) is 5. The number of Topliss-reactive ketones (excluding diaryl/α,β-unsaturated/α-hetero) is 1. The lowest BCUT2D eigenvalue weighted by atomic mass is 9.96. The summed E-state index contributed by atoms with van der Waals surface area (Å²) in [5.74, 6) is -0.426. The maximum Gasteiger partial charge on any atom is 0.229 e. The molecule has 13 nitrogen and oxygen atoms in total. The number of methoxy groups -OCH3 is 1. The van der Waals surface area contributed by atoms with E-state index in [4.69, 9.17) is 23.7 Å². The van der Waals surface area contributed by atoms with Gasteiger partial charge in [0.1, 0.15) is 60.0 Å². The molecule has 2 fully saturated rings. The fraction of sp³-hybridized carbons (Fsp3) is 0.560. The minimum absolute atomic E-state index is 0.0326. The summed E-state index contributed by atoms with van der Waals surface area (Å²) in [7, 11) is 1.42. The lowest BCUT2D eigenvalue weighted by Gasteiger charge is -2.41. The molecule has 2 aromatic rings. The van der Waals surface area contributed by atoms with Crippen molar-refractivity contribution >= 4 is 16.6 Å². The first-order valence-electron chi connectivity index (χ1n) is 11.9. The van der Waals surface area contributed by atoms with Crippen molar-refractivity contribution in [2.45, 2.75) is 69.2 Å². The van der Waals surface area contributed by atoms with Crippen LogP contribution in [0.1, 0.15) is 22.8 Å². The van der Waals surface area contributed by atoms with E-state index in [2.05, 4.69) is 0 Å². The highest BCUT2D eigenvalue weighted by Crippen LogP contribution is 2.42. The van der Waals surface area contributed by atoms with Crippen LogP contribution < -0.4 is 9.47 Å². The summed E-state index contributed by atoms with van der Waals surface area (Å²) in [6.45, 7) is 2.20. The molecule has 2 aromatic carbocycles. The third-order valence-electron chi connectivity index (χ3n) is 6.72. The van der Waals surface area contributed by atoms with Gasteiger partial charge in [-0.05, 0) is 30.9 Å². The van der Waals surface area contributed by atoms with Crippen LogP contribution in [-0.2, 0) is 14.2 Å². The number of aryl methyl sites for hydroxylation is 1. The second kappa shape index (κ2) is 11.3. The van der Waals surface area contributed by atoms with E-state index < -0.39 is 61.9 Å². The van der Waals surface area contributed by atoms with Crippen LogP contribution in [-0.4, -0.2) is 117 Å². The van der Waals surface area contributed by atoms with Gasteiger partial charge in [0.15, 0.2) is 12.1 Å². The number of carbonyl (C=O) groups excluding carboxylic acids is 1. The van der Waals surface area contributed by atoms with Crippen LogP contribution in [0, 0.1) is 6.92 Å². The Morgan fingerprint density at radius 1 is 0.974 bits per heavy atom. The van der Waals surface area contributed by atoms with Gasteiger partial charge in [-0.15, -0.1) is 0 Å². The lowest BCUT2D eigenvalue weighted by molar-refractivity contribution is -0.307. The fourth-order valence-corrected chi connectivity index (χ4v) is 4.64. The van der Waals surface area contributed by atoms with E-state index in [0.717, 1.165) is 0 Å². The normalized spacial score (nSPS) is 33.8. The molecule has 0 spiro atoms. The Labute approximate surface area is 217 Å². The van der Waals surface area contributed by atoms with E-state index in [-0.39, 0.29) is 34.8 Å². The molecule has 2 aliphatic heterocycles. The van der Waals surface area contributed by atoms with Gasteiger partial charge < -0.3 is 59.4 Å². The quantitative estimate of drug-likeness (QED) is 0.204. The molecule has 0 aromatic heterocycles. The summed E-state index contributed by atoms with van der Waals surface area (Å²) in [4.78, 5) is 12.2. The van der Waals surface area contributed by atoms with Crippen molar-refractivity contribution in [2.24, 2.45) is 0 Å². The molecule has 2 heterocycles. The van der Waals surface area contributed by atoms with Crippen molar-refractivity contribution in [2.75, 3.05) is 20.3 Å². The van der Waals surface area contributed by atoms with E-state index >= 15 is 0 Å². The van der Waals surface area contributed by atoms with E-state index in [9.17, 15) is 40.5 Å². The number of benzene rings is 2. The van der Waals surface area contributed by atoms with Crippen molar-refractivity contribution in [1.82, 2.24) is 0 Å². The van der Waals surface area contributed by atoms with Gasteiger partial charge in [-0.3, -0.25) is 4.79 Å². The average molecular weight is 541 g/mol. The fourth-order valence-electron chi connectivity index (χ4n) is 4.64. The highest BCUT2D eigenvalue weighted by Gasteiger charge is 2.46. The van der Waals surface area contributed by atoms with Crippen molar-refractivity contribution in [1.29, 1.82) is 0 Å². The standard InChI is InChI=1S/C25H32O13/c1-9-4-11-5-12(34-3)6-14(17(11)20(30)16(9)10(2)26)37-25-23(33)21(31)19(29)15(38-25)8-36-24-22(32)18(28)13(27)7-35-24/h4-6,13,15,18-19,21-25,27-33H,7-8H2,1-3H3. The number of fused-ring (bicyclic) bond motifs is 1. The molecular weight excluding hydrogens is 508 g/mol. The zero-order valence-electron chi connectivity index (χ0n) is 20.9. The molecule has 9 unspecified atom stereocenters. The Kier molecular flexibility index (Phi) is 8.42. The van der Waals surface area contributed by atoms with Gasteiger partial charge in [0.05, 0.1) is 31.3 Å². The molecule has 0 saturated carbocycles. The second-order valence-corrected chi connectivity index (χ2v) is 9.41. The largest absolute Gasteiger partial charge is 0.506 e. The van der Waals surface area contributed by atoms with Gasteiger partial charge >= 0.3 is 0 Å². The van der Waals surface area contributed by atoms with Crippen molar-refractivity contribution < 1.29 is 64.2 Å². The topological polar surface area (TPSA) is 205 Å². The predicted molar refractivity (Wildman–Crippen MR) is 128 cm³/mol. The number of hydrogen-bond acceptors (Lipinski definition) is 13. The van der Waals surface area contributed by atoms with Gasteiger partial charge in [0.25, 0.3) is 0 Å². The third kappa shape index (κ3) is 5.30. The monoisotopic (exact) mass is 540 g/mol. The van der Waals surface area contributed by atoms with Gasteiger partial charge in [0, 0.05) is 6.07 Å². The Morgan fingerprint density at radius 2 is 1.66 bits per heavy atom. The summed E-state index contributed by atoms with van der Waals surface area (Å²) in [6.07, 6.45) is -13.8. The second-order valence-electron chi connectivity index (χ2n) is 9.41. The Balaban J connectivity index is 1.61. The summed E-state index contributed by atoms with van der Waals surface area (Å²) in [5, 5.41) is 72.5. The lowest BCUT2D eigenvalue weighted by Crippen LogP contribution is -2.61. The molecule has 0 aliphatic carbocycles. The molecule has 4 rings (SSSR count). The molecule has 38 heavy (non-hydrogen) atoms. The molecule has 210 valence electrons. The zero-order chi connectivity index (χ0) is 27.9. The number of aliphatic hydroxyl groups is 6. The van der Waals surface area contributed by atoms with Crippen molar-refractivity contribution in [3.8, 4) is 17.2 Å². The smallest absolute Gasteiger partial charge is 0.229 e. The van der Waals surface area contributed by atoms with Crippen LogP contribution in [0.4, 0.5) is 0 Å². The Bertz CT molecular complexity index is 1170. The van der Waals surface area contributed by atoms with Gasteiger partial charge in [-0.2, -0.15) is 0 Å². The number of aromatic hydroxyl groups is 1. The summed E-state index contributed by atoms with van der Waals surface area (Å²) < 4.78 is 27.4. The molecule has 0 amide bonds. The molecule has 13 heteroatoms. The van der Waals surface area contributed by atoms with Crippen molar-refractivity contribution in [3.63, 3.8) is 0 Å². The van der Waals surface area contributed by atoms with E-state index in [1.165, 1.54) is 20.1 Å². The van der Waals surface area contributed by atoms with Crippen molar-refractivity contribution in [3.05, 3.63) is 29.3 Å².